The molecule has 0 radical (unpaired) electrons. The van der Waals surface area contributed by atoms with Gasteiger partial charge >= 0.3 is 0 Å². The first-order valence-corrected chi connectivity index (χ1v) is 13.1. The minimum atomic E-state index is 0. The molecule has 0 bridgehead atoms. The monoisotopic (exact) mass is 484 g/mol. The zero-order valence-corrected chi connectivity index (χ0v) is 22.5. The molecule has 0 unspecified atom stereocenters. The molecule has 0 atom stereocenters. The zero-order valence-electron chi connectivity index (χ0n) is 22.5. The summed E-state index contributed by atoms with van der Waals surface area (Å²) in [4.78, 5) is 0. The lowest BCUT2D eigenvalue weighted by atomic mass is 10.0. The molecule has 0 aliphatic heterocycles. The van der Waals surface area contributed by atoms with Crippen LogP contribution >= 0.6 is 0 Å². The van der Waals surface area contributed by atoms with Crippen molar-refractivity contribution in [3.63, 3.8) is 0 Å². The fourth-order valence-corrected chi connectivity index (χ4v) is 3.95. The molecule has 0 saturated carbocycles. The fourth-order valence-electron chi connectivity index (χ4n) is 3.95. The third-order valence-corrected chi connectivity index (χ3v) is 6.33. The van der Waals surface area contributed by atoms with Crippen LogP contribution in [0.4, 0.5) is 0 Å². The van der Waals surface area contributed by atoms with E-state index in [0.29, 0.717) is 0 Å². The largest absolute Gasteiger partial charge is 0.0776 e. The summed E-state index contributed by atoms with van der Waals surface area (Å²) in [7, 11) is 0. The van der Waals surface area contributed by atoms with Crippen molar-refractivity contribution in [2.24, 2.45) is 0 Å². The molecule has 0 heterocycles. The molecule has 0 amide bonds. The second kappa shape index (κ2) is 17.6. The van der Waals surface area contributed by atoms with E-state index in [1.807, 2.05) is 0 Å². The molecule has 196 valence electrons. The van der Waals surface area contributed by atoms with Crippen molar-refractivity contribution in [2.75, 3.05) is 0 Å². The second-order valence-corrected chi connectivity index (χ2v) is 9.10. The molecule has 0 heteroatoms. The van der Waals surface area contributed by atoms with Gasteiger partial charge in [0.15, 0.2) is 0 Å². The molecule has 36 heavy (non-hydrogen) atoms. The van der Waals surface area contributed by atoms with Crippen LogP contribution in [0, 0.1) is 13.8 Å². The van der Waals surface area contributed by atoms with E-state index in [1.54, 1.807) is 0 Å². The molecule has 0 aliphatic carbocycles. The summed E-state index contributed by atoms with van der Waals surface area (Å²) in [5.74, 6) is 0. The lowest BCUT2D eigenvalue weighted by molar-refractivity contribution is 1.04. The van der Waals surface area contributed by atoms with Crippen molar-refractivity contribution in [3.8, 4) is 0 Å². The highest BCUT2D eigenvalue weighted by molar-refractivity contribution is 5.83. The standard InChI is InChI=1S/C12H12.C12H18.C10H14.2CH4/c1-9-3-5-12-8-10(2)4-6-11(12)7-9;1-4-10-7-11(5-2)9-12(6-3)8-10;1-3-9-5-7-10(4-2)8-6-9;;/h3-8H,1-2H3;7-9H,4-6H2,1-3H3;5-8H,3-4H2,1-2H3;2*1H4. The second-order valence-electron chi connectivity index (χ2n) is 9.10. The van der Waals surface area contributed by atoms with E-state index in [2.05, 4.69) is 127 Å². The maximum atomic E-state index is 2.32. The maximum absolute atomic E-state index is 2.32. The minimum absolute atomic E-state index is 0. The van der Waals surface area contributed by atoms with Gasteiger partial charge in [0.2, 0.25) is 0 Å². The molecular formula is C36H52. The molecule has 4 aromatic carbocycles. The van der Waals surface area contributed by atoms with Crippen LogP contribution in [-0.2, 0) is 32.1 Å². The SMILES string of the molecule is C.C.CCc1cc(CC)cc(CC)c1.CCc1ccc(CC)cc1.Cc1ccc2cc(C)ccc2c1. The van der Waals surface area contributed by atoms with Gasteiger partial charge in [0.1, 0.15) is 0 Å². The van der Waals surface area contributed by atoms with Crippen LogP contribution in [0.1, 0.15) is 88.4 Å². The van der Waals surface area contributed by atoms with Crippen LogP contribution < -0.4 is 0 Å². The first-order chi connectivity index (χ1) is 16.4. The van der Waals surface area contributed by atoms with Crippen LogP contribution in [0.15, 0.2) is 78.9 Å². The number of hydrogen-bond donors (Lipinski definition) is 0. The minimum Gasteiger partial charge on any atom is -0.0776 e. The lowest BCUT2D eigenvalue weighted by Gasteiger charge is -2.05. The first kappa shape index (κ1) is 33.1. The van der Waals surface area contributed by atoms with E-state index >= 15 is 0 Å². The molecule has 0 spiro atoms. The summed E-state index contributed by atoms with van der Waals surface area (Å²) in [5.41, 5.74) is 9.94. The lowest BCUT2D eigenvalue weighted by Crippen LogP contribution is -1.90. The Hall–Kier alpha value is -2.86. The van der Waals surface area contributed by atoms with Crippen LogP contribution in [0.25, 0.3) is 10.8 Å². The maximum Gasteiger partial charge on any atom is -0.0181 e. The van der Waals surface area contributed by atoms with Gasteiger partial charge in [-0.2, -0.15) is 0 Å². The van der Waals surface area contributed by atoms with Crippen LogP contribution in [-0.4, -0.2) is 0 Å². The van der Waals surface area contributed by atoms with Crippen molar-refractivity contribution in [2.45, 2.75) is 95.4 Å². The summed E-state index contributed by atoms with van der Waals surface area (Å²) >= 11 is 0. The zero-order chi connectivity index (χ0) is 24.9. The van der Waals surface area contributed by atoms with Gasteiger partial charge in [-0.3, -0.25) is 0 Å². The quantitative estimate of drug-likeness (QED) is 0.264. The first-order valence-electron chi connectivity index (χ1n) is 13.1. The molecule has 4 rings (SSSR count). The Morgan fingerprint density at radius 2 is 0.639 bits per heavy atom. The predicted molar refractivity (Wildman–Crippen MR) is 167 cm³/mol. The van der Waals surface area contributed by atoms with Gasteiger partial charge in [0.05, 0.1) is 0 Å². The van der Waals surface area contributed by atoms with E-state index in [4.69, 9.17) is 0 Å². The Balaban J connectivity index is 0.000000499. The number of aryl methyl sites for hydroxylation is 7. The van der Waals surface area contributed by atoms with E-state index in [-0.39, 0.29) is 14.9 Å². The molecule has 0 aromatic heterocycles. The summed E-state index contributed by atoms with van der Waals surface area (Å²) in [6, 6.07) is 28.9. The van der Waals surface area contributed by atoms with Gasteiger partial charge < -0.3 is 0 Å². The van der Waals surface area contributed by atoms with Gasteiger partial charge in [0.25, 0.3) is 0 Å². The number of fused-ring (bicyclic) bond motifs is 1. The third kappa shape index (κ3) is 10.8. The van der Waals surface area contributed by atoms with Gasteiger partial charge in [-0.25, -0.2) is 0 Å². The Kier molecular flexibility index (Phi) is 16.2. The molecule has 4 aromatic rings. The topological polar surface area (TPSA) is 0 Å². The predicted octanol–water partition coefficient (Wildman–Crippen LogP) is 10.9. The van der Waals surface area contributed by atoms with E-state index in [1.165, 1.54) is 49.7 Å². The Labute approximate surface area is 223 Å². The number of hydrogen-bond acceptors (Lipinski definition) is 0. The van der Waals surface area contributed by atoms with E-state index < -0.39 is 0 Å². The van der Waals surface area contributed by atoms with Crippen molar-refractivity contribution in [1.82, 2.24) is 0 Å². The fraction of sp³-hybridized carbons (Fsp3) is 0.389. The van der Waals surface area contributed by atoms with Crippen molar-refractivity contribution in [3.05, 3.63) is 118 Å². The number of benzene rings is 4. The van der Waals surface area contributed by atoms with Crippen LogP contribution in [0.5, 0.6) is 0 Å². The molecule has 0 aliphatic rings. The summed E-state index contributed by atoms with van der Waals surface area (Å²) < 4.78 is 0. The molecule has 0 fully saturated rings. The average Bonchev–Trinajstić information content (AvgIpc) is 2.89. The molecule has 0 N–H and O–H groups in total. The highest BCUT2D eigenvalue weighted by atomic mass is 14.0. The Morgan fingerprint density at radius 1 is 0.361 bits per heavy atom. The van der Waals surface area contributed by atoms with Crippen molar-refractivity contribution in [1.29, 1.82) is 0 Å². The van der Waals surface area contributed by atoms with Crippen molar-refractivity contribution < 1.29 is 0 Å². The normalized spacial score (nSPS) is 9.64. The smallest absolute Gasteiger partial charge is 0.0181 e. The summed E-state index contributed by atoms with van der Waals surface area (Å²) in [6.07, 6.45) is 5.75. The van der Waals surface area contributed by atoms with Gasteiger partial charge in [-0.1, -0.05) is 139 Å². The van der Waals surface area contributed by atoms with Crippen LogP contribution in [0.3, 0.4) is 0 Å². The van der Waals surface area contributed by atoms with E-state index in [0.717, 1.165) is 32.1 Å². The number of rotatable bonds is 5. The van der Waals surface area contributed by atoms with Gasteiger partial charge in [-0.05, 0) is 84.5 Å². The molecule has 0 nitrogen and oxygen atoms in total. The van der Waals surface area contributed by atoms with Crippen molar-refractivity contribution >= 4 is 10.8 Å². The average molecular weight is 485 g/mol. The Morgan fingerprint density at radius 3 is 0.889 bits per heavy atom. The highest BCUT2D eigenvalue weighted by Crippen LogP contribution is 2.17. The molecular weight excluding hydrogens is 432 g/mol. The summed E-state index contributed by atoms with van der Waals surface area (Å²) in [6.45, 7) is 15.3. The van der Waals surface area contributed by atoms with Gasteiger partial charge in [-0.15, -0.1) is 0 Å². The Bertz CT molecular complexity index is 1010. The highest BCUT2D eigenvalue weighted by Gasteiger charge is 1.96. The van der Waals surface area contributed by atoms with Crippen LogP contribution in [0.2, 0.25) is 0 Å². The van der Waals surface area contributed by atoms with Gasteiger partial charge in [0, 0.05) is 0 Å². The van der Waals surface area contributed by atoms with E-state index in [9.17, 15) is 0 Å². The molecule has 0 saturated heterocycles. The summed E-state index contributed by atoms with van der Waals surface area (Å²) in [5, 5.41) is 2.67. The third-order valence-electron chi connectivity index (χ3n) is 6.33.